The van der Waals surface area contributed by atoms with Gasteiger partial charge in [-0.3, -0.25) is 4.79 Å². The molecule has 0 aliphatic rings. The largest absolute Gasteiger partial charge is 0.286 e. The summed E-state index contributed by atoms with van der Waals surface area (Å²) in [6.07, 6.45) is 1.53. The molecule has 0 unspecified atom stereocenters. The minimum Gasteiger partial charge on any atom is -0.266 e. The highest BCUT2D eigenvalue weighted by atomic mass is 35.5. The summed E-state index contributed by atoms with van der Waals surface area (Å²) in [5, 5.41) is 4.23. The first-order valence-corrected chi connectivity index (χ1v) is 5.36. The monoisotopic (exact) mass is 234 g/mol. The summed E-state index contributed by atoms with van der Waals surface area (Å²) in [7, 11) is 0. The number of aromatic nitrogens is 2. The molecule has 1 atom stereocenters. The van der Waals surface area contributed by atoms with Crippen molar-refractivity contribution in [2.75, 3.05) is 0 Å². The maximum absolute atomic E-state index is 11.8. The average Bonchev–Trinajstić information content (AvgIpc) is 2.33. The second-order valence-electron chi connectivity index (χ2n) is 3.52. The summed E-state index contributed by atoms with van der Waals surface area (Å²) in [5.74, 6) is 0. The summed E-state index contributed by atoms with van der Waals surface area (Å²) >= 11 is 5.77. The normalized spacial score (nSPS) is 12.4. The molecule has 1 heterocycles. The van der Waals surface area contributed by atoms with Crippen LogP contribution in [0.4, 0.5) is 0 Å². The van der Waals surface area contributed by atoms with Gasteiger partial charge in [-0.2, -0.15) is 5.10 Å². The Kier molecular flexibility index (Phi) is 3.06. The lowest BCUT2D eigenvalue weighted by Crippen LogP contribution is -2.26. The number of benzene rings is 1. The molecule has 0 N–H and O–H groups in total. The van der Waals surface area contributed by atoms with E-state index in [1.165, 1.54) is 16.9 Å². The van der Waals surface area contributed by atoms with Crippen molar-refractivity contribution >= 4 is 11.6 Å². The maximum Gasteiger partial charge on any atom is 0.286 e. The van der Waals surface area contributed by atoms with Gasteiger partial charge in [-0.15, -0.1) is 0 Å². The molecule has 2 rings (SSSR count). The van der Waals surface area contributed by atoms with E-state index in [0.29, 0.717) is 0 Å². The highest BCUT2D eigenvalue weighted by Gasteiger charge is 2.11. The lowest BCUT2D eigenvalue weighted by Gasteiger charge is -2.13. The predicted octanol–water partition coefficient (Wildman–Crippen LogP) is 2.51. The first-order chi connectivity index (χ1) is 7.70. The number of halogens is 1. The molecule has 0 spiro atoms. The molecule has 16 heavy (non-hydrogen) atoms. The Bertz CT molecular complexity index is 536. The van der Waals surface area contributed by atoms with Crippen LogP contribution < -0.4 is 5.56 Å². The molecule has 0 radical (unpaired) electrons. The quantitative estimate of drug-likeness (QED) is 0.800. The minimum atomic E-state index is -0.263. The highest BCUT2D eigenvalue weighted by molar-refractivity contribution is 6.30. The van der Waals surface area contributed by atoms with Crippen molar-refractivity contribution in [3.8, 4) is 0 Å². The van der Waals surface area contributed by atoms with Gasteiger partial charge in [0.05, 0.1) is 6.04 Å². The maximum atomic E-state index is 11.8. The van der Waals surface area contributed by atoms with Crippen LogP contribution >= 0.6 is 11.6 Å². The van der Waals surface area contributed by atoms with Crippen LogP contribution in [0, 0.1) is 0 Å². The van der Waals surface area contributed by atoms with Crippen molar-refractivity contribution in [1.82, 2.24) is 9.78 Å². The Morgan fingerprint density at radius 3 is 2.62 bits per heavy atom. The van der Waals surface area contributed by atoms with Crippen molar-refractivity contribution < 1.29 is 0 Å². The summed E-state index contributed by atoms with van der Waals surface area (Å²) in [4.78, 5) is 11.8. The molecule has 82 valence electrons. The van der Waals surface area contributed by atoms with E-state index < -0.39 is 0 Å². The fraction of sp³-hybridized carbons (Fsp3) is 0.167. The van der Waals surface area contributed by atoms with Gasteiger partial charge in [0.15, 0.2) is 0 Å². The van der Waals surface area contributed by atoms with Crippen LogP contribution in [0.2, 0.25) is 5.02 Å². The van der Waals surface area contributed by atoms with Crippen LogP contribution in [0.3, 0.4) is 0 Å². The van der Waals surface area contributed by atoms with Crippen LogP contribution in [0.1, 0.15) is 18.5 Å². The Labute approximate surface area is 98.3 Å². The second-order valence-corrected chi connectivity index (χ2v) is 3.92. The molecule has 0 amide bonds. The number of rotatable bonds is 2. The van der Waals surface area contributed by atoms with Gasteiger partial charge < -0.3 is 0 Å². The third kappa shape index (κ3) is 1.99. The third-order valence-corrected chi connectivity index (χ3v) is 2.76. The van der Waals surface area contributed by atoms with Crippen molar-refractivity contribution in [3.05, 3.63) is 63.5 Å². The lowest BCUT2D eigenvalue weighted by molar-refractivity contribution is 0.531. The Morgan fingerprint density at radius 2 is 1.94 bits per heavy atom. The third-order valence-electron chi connectivity index (χ3n) is 2.47. The molecular formula is C12H11ClN2O. The zero-order chi connectivity index (χ0) is 11.5. The molecule has 0 saturated heterocycles. The van der Waals surface area contributed by atoms with Gasteiger partial charge in [0.1, 0.15) is 5.02 Å². The van der Waals surface area contributed by atoms with Crippen LogP contribution in [0.25, 0.3) is 0 Å². The second kappa shape index (κ2) is 4.49. The smallest absolute Gasteiger partial charge is 0.266 e. The molecular weight excluding hydrogens is 224 g/mol. The lowest BCUT2D eigenvalue weighted by atomic mass is 10.1. The summed E-state index contributed by atoms with van der Waals surface area (Å²) in [6.45, 7) is 1.92. The van der Waals surface area contributed by atoms with Gasteiger partial charge in [0, 0.05) is 6.20 Å². The fourth-order valence-electron chi connectivity index (χ4n) is 1.55. The fourth-order valence-corrected chi connectivity index (χ4v) is 1.70. The molecule has 3 nitrogen and oxygen atoms in total. The van der Waals surface area contributed by atoms with E-state index in [1.54, 1.807) is 0 Å². The Balaban J connectivity index is 2.46. The summed E-state index contributed by atoms with van der Waals surface area (Å²) in [5.41, 5.74) is 0.764. The molecule has 1 aromatic heterocycles. The van der Waals surface area contributed by atoms with Gasteiger partial charge in [-0.1, -0.05) is 41.9 Å². The number of hydrogen-bond acceptors (Lipinski definition) is 2. The van der Waals surface area contributed by atoms with Crippen molar-refractivity contribution in [2.45, 2.75) is 13.0 Å². The van der Waals surface area contributed by atoms with Gasteiger partial charge in [-0.05, 0) is 18.6 Å². The Morgan fingerprint density at radius 1 is 1.25 bits per heavy atom. The summed E-state index contributed by atoms with van der Waals surface area (Å²) in [6, 6.07) is 11.1. The van der Waals surface area contributed by atoms with Crippen LogP contribution in [-0.4, -0.2) is 9.78 Å². The molecule has 0 aliphatic heterocycles. The highest BCUT2D eigenvalue weighted by Crippen LogP contribution is 2.14. The molecule has 4 heteroatoms. The molecule has 0 aliphatic carbocycles. The van der Waals surface area contributed by atoms with Crippen molar-refractivity contribution in [2.24, 2.45) is 0 Å². The SMILES string of the molecule is C[C@H](c1ccccc1)n1nccc(Cl)c1=O. The van der Waals surface area contributed by atoms with E-state index in [2.05, 4.69) is 5.10 Å². The van der Waals surface area contributed by atoms with Crippen molar-refractivity contribution in [3.63, 3.8) is 0 Å². The van der Waals surface area contributed by atoms with E-state index in [9.17, 15) is 4.79 Å². The predicted molar refractivity (Wildman–Crippen MR) is 63.8 cm³/mol. The number of hydrogen-bond donors (Lipinski definition) is 0. The standard InChI is InChI=1S/C12H11ClN2O/c1-9(10-5-3-2-4-6-10)15-12(16)11(13)7-8-14-15/h2-9H,1H3/t9-/m1/s1. The van der Waals surface area contributed by atoms with Gasteiger partial charge >= 0.3 is 0 Å². The van der Waals surface area contributed by atoms with Gasteiger partial charge in [0.2, 0.25) is 0 Å². The van der Waals surface area contributed by atoms with Crippen LogP contribution in [0.5, 0.6) is 0 Å². The van der Waals surface area contributed by atoms with Crippen molar-refractivity contribution in [1.29, 1.82) is 0 Å². The molecule has 2 aromatic rings. The van der Waals surface area contributed by atoms with E-state index >= 15 is 0 Å². The molecule has 0 fully saturated rings. The van der Waals surface area contributed by atoms with E-state index in [0.717, 1.165) is 5.56 Å². The Hall–Kier alpha value is -1.61. The first kappa shape index (κ1) is 10.9. The molecule has 0 bridgehead atoms. The average molecular weight is 235 g/mol. The van der Waals surface area contributed by atoms with Crippen LogP contribution in [0.15, 0.2) is 47.4 Å². The summed E-state index contributed by atoms with van der Waals surface area (Å²) < 4.78 is 1.39. The van der Waals surface area contributed by atoms with E-state index in [-0.39, 0.29) is 16.6 Å². The van der Waals surface area contributed by atoms with E-state index in [1.807, 2.05) is 37.3 Å². The van der Waals surface area contributed by atoms with E-state index in [4.69, 9.17) is 11.6 Å². The zero-order valence-electron chi connectivity index (χ0n) is 8.80. The minimum absolute atomic E-state index is 0.118. The van der Waals surface area contributed by atoms with Gasteiger partial charge in [0.25, 0.3) is 5.56 Å². The first-order valence-electron chi connectivity index (χ1n) is 4.98. The topological polar surface area (TPSA) is 34.9 Å². The van der Waals surface area contributed by atoms with Crippen LogP contribution in [-0.2, 0) is 0 Å². The zero-order valence-corrected chi connectivity index (χ0v) is 9.56. The number of nitrogens with zero attached hydrogens (tertiary/aromatic N) is 2. The molecule has 1 aromatic carbocycles. The molecule has 0 saturated carbocycles. The van der Waals surface area contributed by atoms with Gasteiger partial charge in [-0.25, -0.2) is 4.68 Å².